The predicted molar refractivity (Wildman–Crippen MR) is 79.1 cm³/mol. The Kier molecular flexibility index (Phi) is 3.73. The molecule has 0 aliphatic rings. The highest BCUT2D eigenvalue weighted by Crippen LogP contribution is 2.34. The topological polar surface area (TPSA) is 50.2 Å². The molecule has 116 valence electrons. The van der Waals surface area contributed by atoms with Crippen molar-refractivity contribution in [3.05, 3.63) is 65.6 Å². The molecule has 0 fully saturated rings. The highest BCUT2D eigenvalue weighted by atomic mass is 19.3. The average molecular weight is 317 g/mol. The van der Waals surface area contributed by atoms with Crippen molar-refractivity contribution in [1.29, 1.82) is 0 Å². The molecule has 0 aliphatic carbocycles. The number of hydrogen-bond donors (Lipinski definition) is 1. The molecule has 0 saturated carbocycles. The Bertz CT molecular complexity index is 909. The lowest BCUT2D eigenvalue weighted by atomic mass is 9.98. The zero-order chi connectivity index (χ0) is 16.6. The molecule has 3 aromatic rings. The summed E-state index contributed by atoms with van der Waals surface area (Å²) in [5, 5.41) is 9.42. The molecule has 0 unspecified atom stereocenters. The molecular weight excluding hydrogens is 307 g/mol. The molecule has 23 heavy (non-hydrogen) atoms. The van der Waals surface area contributed by atoms with E-state index in [4.69, 9.17) is 5.11 Å². The number of rotatable bonds is 3. The van der Waals surface area contributed by atoms with Crippen LogP contribution >= 0.6 is 0 Å². The maximum absolute atomic E-state index is 14.0. The van der Waals surface area contributed by atoms with Gasteiger partial charge in [0, 0.05) is 22.7 Å². The van der Waals surface area contributed by atoms with Gasteiger partial charge in [-0.05, 0) is 29.7 Å². The summed E-state index contributed by atoms with van der Waals surface area (Å²) in [6.45, 7) is 0. The molecule has 1 N–H and O–H groups in total. The monoisotopic (exact) mass is 317 g/mol. The minimum Gasteiger partial charge on any atom is -0.478 e. The molecule has 1 aromatic heterocycles. The predicted octanol–water partition coefficient (Wildman–Crippen LogP) is 4.68. The van der Waals surface area contributed by atoms with Gasteiger partial charge in [0.25, 0.3) is 6.43 Å². The lowest BCUT2D eigenvalue weighted by Crippen LogP contribution is -1.99. The summed E-state index contributed by atoms with van der Waals surface area (Å²) < 4.78 is 40.3. The van der Waals surface area contributed by atoms with Crippen LogP contribution in [0.25, 0.3) is 22.0 Å². The van der Waals surface area contributed by atoms with Gasteiger partial charge in [-0.1, -0.05) is 18.2 Å². The Morgan fingerprint density at radius 3 is 2.48 bits per heavy atom. The van der Waals surface area contributed by atoms with E-state index < -0.39 is 18.2 Å². The van der Waals surface area contributed by atoms with Crippen LogP contribution in [0.3, 0.4) is 0 Å². The number of aromatic nitrogens is 1. The fraction of sp³-hybridized carbons (Fsp3) is 0.0588. The van der Waals surface area contributed by atoms with Crippen LogP contribution in [-0.2, 0) is 0 Å². The molecule has 0 aliphatic heterocycles. The van der Waals surface area contributed by atoms with E-state index in [9.17, 15) is 18.0 Å². The summed E-state index contributed by atoms with van der Waals surface area (Å²) in [5.41, 5.74) is -0.146. The normalized spacial score (nSPS) is 11.1. The van der Waals surface area contributed by atoms with Gasteiger partial charge in [0.05, 0.1) is 11.3 Å². The van der Waals surface area contributed by atoms with Crippen LogP contribution in [0.15, 0.2) is 48.7 Å². The van der Waals surface area contributed by atoms with Gasteiger partial charge in [0.1, 0.15) is 5.82 Å². The number of nitrogens with zero attached hydrogens (tertiary/aromatic N) is 1. The van der Waals surface area contributed by atoms with Gasteiger partial charge in [-0.2, -0.15) is 0 Å². The van der Waals surface area contributed by atoms with Crippen LogP contribution in [0.4, 0.5) is 13.2 Å². The highest BCUT2D eigenvalue weighted by Gasteiger charge is 2.18. The van der Waals surface area contributed by atoms with Crippen molar-refractivity contribution >= 4 is 16.7 Å². The molecule has 3 nitrogen and oxygen atoms in total. The summed E-state index contributed by atoms with van der Waals surface area (Å²) >= 11 is 0. The quantitative estimate of drug-likeness (QED) is 0.763. The smallest absolute Gasteiger partial charge is 0.335 e. The first-order valence-electron chi connectivity index (χ1n) is 6.68. The average Bonchev–Trinajstić information content (AvgIpc) is 2.53. The van der Waals surface area contributed by atoms with Gasteiger partial charge >= 0.3 is 5.97 Å². The Balaban J connectivity index is 2.38. The van der Waals surface area contributed by atoms with Crippen LogP contribution in [0.2, 0.25) is 0 Å². The number of pyridine rings is 1. The van der Waals surface area contributed by atoms with Crippen molar-refractivity contribution in [2.45, 2.75) is 6.43 Å². The fourth-order valence-corrected chi connectivity index (χ4v) is 2.44. The first-order chi connectivity index (χ1) is 11.0. The Hall–Kier alpha value is -2.89. The van der Waals surface area contributed by atoms with E-state index in [2.05, 4.69) is 4.98 Å². The van der Waals surface area contributed by atoms with Crippen molar-refractivity contribution in [2.75, 3.05) is 0 Å². The number of halogens is 3. The Labute approximate surface area is 129 Å². The van der Waals surface area contributed by atoms with Crippen molar-refractivity contribution in [1.82, 2.24) is 4.98 Å². The van der Waals surface area contributed by atoms with E-state index >= 15 is 0 Å². The molecule has 2 aromatic carbocycles. The lowest BCUT2D eigenvalue weighted by molar-refractivity contribution is 0.0697. The number of fused-ring (bicyclic) bond motifs is 1. The van der Waals surface area contributed by atoms with Crippen LogP contribution in [0.1, 0.15) is 22.3 Å². The van der Waals surface area contributed by atoms with E-state index in [1.165, 1.54) is 36.4 Å². The zero-order valence-corrected chi connectivity index (χ0v) is 11.6. The highest BCUT2D eigenvalue weighted by molar-refractivity contribution is 6.01. The van der Waals surface area contributed by atoms with Crippen molar-refractivity contribution in [2.24, 2.45) is 0 Å². The second-order valence-electron chi connectivity index (χ2n) is 4.91. The van der Waals surface area contributed by atoms with Crippen molar-refractivity contribution in [3.8, 4) is 11.3 Å². The largest absolute Gasteiger partial charge is 0.478 e. The van der Waals surface area contributed by atoms with E-state index in [1.807, 2.05) is 0 Å². The zero-order valence-electron chi connectivity index (χ0n) is 11.6. The molecule has 1 heterocycles. The third-order valence-electron chi connectivity index (χ3n) is 3.53. The van der Waals surface area contributed by atoms with Crippen LogP contribution in [0.5, 0.6) is 0 Å². The molecule has 0 amide bonds. The number of aromatic carboxylic acids is 1. The van der Waals surface area contributed by atoms with Gasteiger partial charge < -0.3 is 5.11 Å². The summed E-state index contributed by atoms with van der Waals surface area (Å²) in [4.78, 5) is 15.1. The third-order valence-corrected chi connectivity index (χ3v) is 3.53. The number of alkyl halides is 2. The fourth-order valence-electron chi connectivity index (χ4n) is 2.44. The summed E-state index contributed by atoms with van der Waals surface area (Å²) in [5.74, 6) is -1.76. The van der Waals surface area contributed by atoms with Crippen LogP contribution in [0, 0.1) is 5.82 Å². The van der Waals surface area contributed by atoms with E-state index in [-0.39, 0.29) is 33.2 Å². The Morgan fingerprint density at radius 2 is 1.83 bits per heavy atom. The second kappa shape index (κ2) is 5.72. The van der Waals surface area contributed by atoms with Crippen molar-refractivity contribution < 1.29 is 23.1 Å². The van der Waals surface area contributed by atoms with Gasteiger partial charge in [-0.3, -0.25) is 4.98 Å². The molecule has 0 saturated heterocycles. The molecule has 0 radical (unpaired) electrons. The molecule has 0 bridgehead atoms. The summed E-state index contributed by atoms with van der Waals surface area (Å²) in [6, 6.07) is 9.55. The maximum atomic E-state index is 14.0. The number of carbonyl (C=O) groups is 1. The number of carboxylic acids is 1. The molecule has 3 rings (SSSR count). The van der Waals surface area contributed by atoms with E-state index in [0.29, 0.717) is 0 Å². The first-order valence-corrected chi connectivity index (χ1v) is 6.68. The third kappa shape index (κ3) is 2.63. The molecule has 0 spiro atoms. The molecule has 0 atom stereocenters. The minimum absolute atomic E-state index is 0.0803. The minimum atomic E-state index is -2.77. The van der Waals surface area contributed by atoms with Crippen LogP contribution < -0.4 is 0 Å². The van der Waals surface area contributed by atoms with Gasteiger partial charge in [0.2, 0.25) is 0 Å². The van der Waals surface area contributed by atoms with Gasteiger partial charge in [-0.25, -0.2) is 18.0 Å². The van der Waals surface area contributed by atoms with E-state index in [0.717, 1.165) is 6.20 Å². The van der Waals surface area contributed by atoms with Crippen molar-refractivity contribution in [3.63, 3.8) is 0 Å². The first kappa shape index (κ1) is 15.0. The number of hydrogen-bond acceptors (Lipinski definition) is 2. The maximum Gasteiger partial charge on any atom is 0.335 e. The standard InChI is InChI=1S/C17H10F3NO2/c18-14-4-2-1-3-11(14)15-12-7-9(17(22)23)5-6-10(12)13(8-21-15)16(19)20/h1-8,16H,(H,22,23). The molecule has 6 heteroatoms. The summed E-state index contributed by atoms with van der Waals surface area (Å²) in [7, 11) is 0. The van der Waals surface area contributed by atoms with Crippen LogP contribution in [-0.4, -0.2) is 16.1 Å². The van der Waals surface area contributed by atoms with Gasteiger partial charge in [-0.15, -0.1) is 0 Å². The summed E-state index contributed by atoms with van der Waals surface area (Å²) in [6.07, 6.45) is -1.77. The van der Waals surface area contributed by atoms with E-state index in [1.54, 1.807) is 6.07 Å². The van der Waals surface area contributed by atoms with Gasteiger partial charge in [0.15, 0.2) is 0 Å². The Morgan fingerprint density at radius 1 is 1.09 bits per heavy atom. The second-order valence-corrected chi connectivity index (χ2v) is 4.91. The lowest BCUT2D eigenvalue weighted by Gasteiger charge is -2.11. The number of carboxylic acid groups (broad SMARTS) is 1. The molecular formula is C17H10F3NO2. The number of benzene rings is 2. The SMILES string of the molecule is O=C(O)c1ccc2c(C(F)F)cnc(-c3ccccc3F)c2c1.